The zero-order chi connectivity index (χ0) is 12.1. The van der Waals surface area contributed by atoms with Crippen LogP contribution in [0.2, 0.25) is 5.02 Å². The molecule has 0 aliphatic rings. The second-order valence-electron chi connectivity index (χ2n) is 3.40. The van der Waals surface area contributed by atoms with Crippen LogP contribution in [0, 0.1) is 0 Å². The minimum absolute atomic E-state index is 0.0992. The first-order chi connectivity index (χ1) is 7.56. The number of carbonyl (C=O) groups excluding carboxylic acids is 1. The summed E-state index contributed by atoms with van der Waals surface area (Å²) >= 11 is 6.00. The van der Waals surface area contributed by atoms with Crippen LogP contribution in [0.15, 0.2) is 18.2 Å². The molecule has 4 nitrogen and oxygen atoms in total. The summed E-state index contributed by atoms with van der Waals surface area (Å²) in [7, 11) is 1.30. The molecule has 1 aromatic rings. The maximum absolute atomic E-state index is 11.3. The second-order valence-corrected chi connectivity index (χ2v) is 3.78. The number of benzene rings is 1. The molecule has 0 fully saturated rings. The topological polar surface area (TPSA) is 61.5 Å². The summed E-state index contributed by atoms with van der Waals surface area (Å²) in [6.07, 6.45) is 0. The average Bonchev–Trinajstić information content (AvgIpc) is 2.26. The summed E-state index contributed by atoms with van der Waals surface area (Å²) in [6, 6.07) is 4.83. The first-order valence-electron chi connectivity index (χ1n) is 4.81. The molecule has 0 amide bonds. The molecule has 2 N–H and O–H groups in total. The van der Waals surface area contributed by atoms with Crippen molar-refractivity contribution in [2.24, 2.45) is 5.73 Å². The molecule has 0 spiro atoms. The van der Waals surface area contributed by atoms with Gasteiger partial charge in [0, 0.05) is 6.04 Å². The number of methoxy groups -OCH3 is 1. The van der Waals surface area contributed by atoms with Gasteiger partial charge in [0.05, 0.1) is 17.7 Å². The molecule has 1 unspecified atom stereocenters. The van der Waals surface area contributed by atoms with E-state index >= 15 is 0 Å². The Labute approximate surface area is 99.3 Å². The van der Waals surface area contributed by atoms with Gasteiger partial charge in [-0.25, -0.2) is 4.79 Å². The third-order valence-electron chi connectivity index (χ3n) is 1.87. The Kier molecular flexibility index (Phi) is 4.58. The van der Waals surface area contributed by atoms with Gasteiger partial charge in [0.15, 0.2) is 0 Å². The Morgan fingerprint density at radius 2 is 2.25 bits per heavy atom. The van der Waals surface area contributed by atoms with Gasteiger partial charge >= 0.3 is 5.97 Å². The standard InChI is InChI=1S/C11H14ClNO3/c1-7(13)6-16-9-5-3-4-8(10(9)12)11(14)15-2/h3-5,7H,6,13H2,1-2H3. The Bertz CT molecular complexity index is 379. The molecule has 0 saturated carbocycles. The van der Waals surface area contributed by atoms with Crippen LogP contribution in [0.3, 0.4) is 0 Å². The molecular weight excluding hydrogens is 230 g/mol. The minimum Gasteiger partial charge on any atom is -0.490 e. The number of ether oxygens (including phenoxy) is 2. The highest BCUT2D eigenvalue weighted by atomic mass is 35.5. The van der Waals surface area contributed by atoms with E-state index in [1.165, 1.54) is 7.11 Å². The lowest BCUT2D eigenvalue weighted by Gasteiger charge is -2.11. The number of hydrogen-bond donors (Lipinski definition) is 1. The Morgan fingerprint density at radius 3 is 2.81 bits per heavy atom. The van der Waals surface area contributed by atoms with Gasteiger partial charge in [-0.05, 0) is 19.1 Å². The second kappa shape index (κ2) is 5.72. The third kappa shape index (κ3) is 3.12. The van der Waals surface area contributed by atoms with Crippen LogP contribution in [0.1, 0.15) is 17.3 Å². The monoisotopic (exact) mass is 243 g/mol. The lowest BCUT2D eigenvalue weighted by molar-refractivity contribution is 0.0600. The van der Waals surface area contributed by atoms with Crippen molar-refractivity contribution in [1.82, 2.24) is 0 Å². The molecule has 16 heavy (non-hydrogen) atoms. The van der Waals surface area contributed by atoms with E-state index in [9.17, 15) is 4.79 Å². The number of hydrogen-bond acceptors (Lipinski definition) is 4. The summed E-state index contributed by atoms with van der Waals surface area (Å²) in [5.74, 6) is -0.0573. The van der Waals surface area contributed by atoms with E-state index in [1.807, 2.05) is 6.92 Å². The van der Waals surface area contributed by atoms with Crippen molar-refractivity contribution in [2.45, 2.75) is 13.0 Å². The van der Waals surface area contributed by atoms with Crippen molar-refractivity contribution in [1.29, 1.82) is 0 Å². The van der Waals surface area contributed by atoms with Gasteiger partial charge in [-0.3, -0.25) is 0 Å². The third-order valence-corrected chi connectivity index (χ3v) is 2.26. The van der Waals surface area contributed by atoms with E-state index in [0.717, 1.165) is 0 Å². The van der Waals surface area contributed by atoms with Gasteiger partial charge in [0.2, 0.25) is 0 Å². The van der Waals surface area contributed by atoms with Gasteiger partial charge in [-0.15, -0.1) is 0 Å². The van der Waals surface area contributed by atoms with E-state index in [0.29, 0.717) is 12.4 Å². The molecule has 5 heteroatoms. The molecule has 0 saturated heterocycles. The first kappa shape index (κ1) is 12.8. The number of esters is 1. The van der Waals surface area contributed by atoms with Crippen LogP contribution < -0.4 is 10.5 Å². The van der Waals surface area contributed by atoms with E-state index in [2.05, 4.69) is 4.74 Å². The fourth-order valence-electron chi connectivity index (χ4n) is 1.11. The van der Waals surface area contributed by atoms with Crippen LogP contribution in [0.4, 0.5) is 0 Å². The summed E-state index contributed by atoms with van der Waals surface area (Å²) in [5.41, 5.74) is 5.84. The molecule has 0 aromatic heterocycles. The van der Waals surface area contributed by atoms with Crippen LogP contribution in [0.25, 0.3) is 0 Å². The average molecular weight is 244 g/mol. The lowest BCUT2D eigenvalue weighted by Crippen LogP contribution is -2.23. The van der Waals surface area contributed by atoms with Crippen LogP contribution >= 0.6 is 11.6 Å². The summed E-state index contributed by atoms with van der Waals surface area (Å²) < 4.78 is 9.96. The van der Waals surface area contributed by atoms with Crippen molar-refractivity contribution in [3.05, 3.63) is 28.8 Å². The van der Waals surface area contributed by atoms with Crippen LogP contribution in [-0.2, 0) is 4.74 Å². The number of halogens is 1. The van der Waals surface area contributed by atoms with Crippen molar-refractivity contribution in [2.75, 3.05) is 13.7 Å². The quantitative estimate of drug-likeness (QED) is 0.820. The predicted molar refractivity (Wildman–Crippen MR) is 61.9 cm³/mol. The highest BCUT2D eigenvalue weighted by Gasteiger charge is 2.14. The van der Waals surface area contributed by atoms with Crippen molar-refractivity contribution < 1.29 is 14.3 Å². The molecule has 1 aromatic carbocycles. The number of nitrogens with two attached hydrogens (primary N) is 1. The zero-order valence-corrected chi connectivity index (χ0v) is 9.95. The summed E-state index contributed by atoms with van der Waals surface area (Å²) in [5, 5.41) is 0.245. The number of carbonyl (C=O) groups is 1. The fraction of sp³-hybridized carbons (Fsp3) is 0.364. The Hall–Kier alpha value is -1.26. The van der Waals surface area contributed by atoms with Gasteiger partial charge in [-0.2, -0.15) is 0 Å². The predicted octanol–water partition coefficient (Wildman–Crippen LogP) is 1.85. The summed E-state index contributed by atoms with van der Waals surface area (Å²) in [6.45, 7) is 2.16. The van der Waals surface area contributed by atoms with Crippen molar-refractivity contribution >= 4 is 17.6 Å². The molecule has 0 aliphatic carbocycles. The van der Waals surface area contributed by atoms with Crippen molar-refractivity contribution in [3.63, 3.8) is 0 Å². The first-order valence-corrected chi connectivity index (χ1v) is 5.19. The highest BCUT2D eigenvalue weighted by Crippen LogP contribution is 2.28. The summed E-state index contributed by atoms with van der Waals surface area (Å²) in [4.78, 5) is 11.3. The van der Waals surface area contributed by atoms with Crippen LogP contribution in [-0.4, -0.2) is 25.7 Å². The minimum atomic E-state index is -0.490. The molecule has 0 aliphatic heterocycles. The SMILES string of the molecule is COC(=O)c1cccc(OCC(C)N)c1Cl. The van der Waals surface area contributed by atoms with Crippen LogP contribution in [0.5, 0.6) is 5.75 Å². The van der Waals surface area contributed by atoms with Gasteiger partial charge in [0.25, 0.3) is 0 Å². The number of rotatable bonds is 4. The highest BCUT2D eigenvalue weighted by molar-refractivity contribution is 6.35. The lowest BCUT2D eigenvalue weighted by atomic mass is 10.2. The van der Waals surface area contributed by atoms with E-state index in [4.69, 9.17) is 22.1 Å². The fourth-order valence-corrected chi connectivity index (χ4v) is 1.37. The molecule has 0 heterocycles. The Morgan fingerprint density at radius 1 is 1.56 bits per heavy atom. The maximum Gasteiger partial charge on any atom is 0.339 e. The molecule has 0 radical (unpaired) electrons. The molecule has 1 rings (SSSR count). The van der Waals surface area contributed by atoms with Crippen molar-refractivity contribution in [3.8, 4) is 5.75 Å². The maximum atomic E-state index is 11.3. The normalized spacial score (nSPS) is 12.0. The molecule has 1 atom stereocenters. The molecule has 0 bridgehead atoms. The molecular formula is C11H14ClNO3. The van der Waals surface area contributed by atoms with E-state index in [1.54, 1.807) is 18.2 Å². The van der Waals surface area contributed by atoms with E-state index < -0.39 is 5.97 Å². The smallest absolute Gasteiger partial charge is 0.339 e. The van der Waals surface area contributed by atoms with E-state index in [-0.39, 0.29) is 16.6 Å². The van der Waals surface area contributed by atoms with Gasteiger partial charge in [0.1, 0.15) is 12.4 Å². The Balaban J connectivity index is 2.90. The largest absolute Gasteiger partial charge is 0.490 e. The molecule has 88 valence electrons. The van der Waals surface area contributed by atoms with Gasteiger partial charge < -0.3 is 15.2 Å². The zero-order valence-electron chi connectivity index (χ0n) is 9.20. The van der Waals surface area contributed by atoms with Gasteiger partial charge in [-0.1, -0.05) is 17.7 Å².